The van der Waals surface area contributed by atoms with Crippen LogP contribution in [0.25, 0.3) is 0 Å². The van der Waals surface area contributed by atoms with Crippen LogP contribution in [0.4, 0.5) is 0 Å². The van der Waals surface area contributed by atoms with Gasteiger partial charge in [-0.25, -0.2) is 4.98 Å². The minimum absolute atomic E-state index is 0.211. The van der Waals surface area contributed by atoms with Crippen molar-refractivity contribution in [3.8, 4) is 17.7 Å². The molecule has 8 nitrogen and oxygen atoms in total. The average molecular weight is 471 g/mol. The Labute approximate surface area is 204 Å². The van der Waals surface area contributed by atoms with Gasteiger partial charge in [-0.2, -0.15) is 5.26 Å². The monoisotopic (exact) mass is 470 g/mol. The van der Waals surface area contributed by atoms with Crippen molar-refractivity contribution in [1.82, 2.24) is 15.2 Å². The summed E-state index contributed by atoms with van der Waals surface area (Å²) in [4.78, 5) is 32.2. The molecule has 0 spiro atoms. The minimum atomic E-state index is -0.798. The Balaban J connectivity index is 1.66. The molecule has 1 aliphatic rings. The second-order valence-electron chi connectivity index (χ2n) is 8.18. The summed E-state index contributed by atoms with van der Waals surface area (Å²) in [6.07, 6.45) is 1.90. The zero-order valence-electron chi connectivity index (χ0n) is 19.5. The van der Waals surface area contributed by atoms with Gasteiger partial charge in [0.25, 0.3) is 17.7 Å². The Morgan fingerprint density at radius 2 is 1.71 bits per heavy atom. The molecule has 4 rings (SSSR count). The van der Waals surface area contributed by atoms with E-state index in [0.717, 1.165) is 5.56 Å². The Bertz CT molecular complexity index is 1230. The van der Waals surface area contributed by atoms with Crippen LogP contribution >= 0.6 is 0 Å². The van der Waals surface area contributed by atoms with E-state index >= 15 is 0 Å². The van der Waals surface area contributed by atoms with E-state index in [1.807, 2.05) is 36.4 Å². The van der Waals surface area contributed by atoms with Gasteiger partial charge >= 0.3 is 0 Å². The Morgan fingerprint density at radius 3 is 2.34 bits per heavy atom. The fraction of sp³-hybridized carbons (Fsp3) is 0.259. The molecule has 2 amide bonds. The Morgan fingerprint density at radius 1 is 1.03 bits per heavy atom. The summed E-state index contributed by atoms with van der Waals surface area (Å²) < 4.78 is 10.5. The third-order valence-corrected chi connectivity index (χ3v) is 6.20. The molecular weight excluding hydrogens is 444 g/mol. The van der Waals surface area contributed by atoms with Crippen LogP contribution in [0.1, 0.15) is 38.6 Å². The van der Waals surface area contributed by atoms with Gasteiger partial charge in [0.2, 0.25) is 0 Å². The molecule has 178 valence electrons. The second-order valence-corrected chi connectivity index (χ2v) is 8.18. The number of methoxy groups -OCH3 is 2. The Kier molecular flexibility index (Phi) is 7.27. The molecular formula is C27H26N4O4. The summed E-state index contributed by atoms with van der Waals surface area (Å²) in [5.41, 5.74) is 1.71. The number of benzene rings is 2. The normalized spacial score (nSPS) is 19.3. The molecule has 0 radical (unpaired) electrons. The number of nitriles is 1. The van der Waals surface area contributed by atoms with Crippen LogP contribution < -0.4 is 14.8 Å². The molecule has 1 aromatic heterocycles. The fourth-order valence-electron chi connectivity index (χ4n) is 4.50. The van der Waals surface area contributed by atoms with Gasteiger partial charge < -0.3 is 19.7 Å². The van der Waals surface area contributed by atoms with Crippen LogP contribution in [0, 0.1) is 11.3 Å². The van der Waals surface area contributed by atoms with Crippen LogP contribution in [0.15, 0.2) is 72.9 Å². The van der Waals surface area contributed by atoms with E-state index in [9.17, 15) is 14.9 Å². The number of pyridine rings is 1. The first-order valence-corrected chi connectivity index (χ1v) is 11.3. The zero-order valence-corrected chi connectivity index (χ0v) is 19.5. The molecule has 1 fully saturated rings. The number of piperidine rings is 1. The van der Waals surface area contributed by atoms with Crippen molar-refractivity contribution >= 4 is 11.8 Å². The first-order chi connectivity index (χ1) is 17.1. The number of aromatic nitrogens is 1. The van der Waals surface area contributed by atoms with Crippen LogP contribution in [0.2, 0.25) is 0 Å². The number of hydrogen-bond donors (Lipinski definition) is 1. The number of nitrogens with one attached hydrogen (secondary N) is 1. The number of hydrogen-bond acceptors (Lipinski definition) is 6. The average Bonchev–Trinajstić information content (AvgIpc) is 2.92. The zero-order chi connectivity index (χ0) is 24.8. The molecule has 8 heteroatoms. The van der Waals surface area contributed by atoms with Gasteiger partial charge in [0.05, 0.1) is 25.9 Å². The van der Waals surface area contributed by atoms with E-state index in [2.05, 4.69) is 16.4 Å². The second kappa shape index (κ2) is 10.7. The van der Waals surface area contributed by atoms with Crippen molar-refractivity contribution in [2.24, 2.45) is 0 Å². The third kappa shape index (κ3) is 4.94. The van der Waals surface area contributed by atoms with Gasteiger partial charge in [0.1, 0.15) is 6.04 Å². The summed E-state index contributed by atoms with van der Waals surface area (Å²) in [5.74, 6) is -0.364. The lowest BCUT2D eigenvalue weighted by Crippen LogP contribution is -2.56. The summed E-state index contributed by atoms with van der Waals surface area (Å²) in [6.45, 7) is 0.300. The van der Waals surface area contributed by atoms with Gasteiger partial charge in [-0.3, -0.25) is 9.59 Å². The molecule has 1 saturated heterocycles. The van der Waals surface area contributed by atoms with Crippen molar-refractivity contribution in [1.29, 1.82) is 5.26 Å². The van der Waals surface area contributed by atoms with Crippen LogP contribution in [-0.2, 0) is 0 Å². The lowest BCUT2D eigenvalue weighted by Gasteiger charge is -2.43. The maximum absolute atomic E-state index is 13.5. The highest BCUT2D eigenvalue weighted by molar-refractivity contribution is 5.96. The maximum atomic E-state index is 13.5. The standard InChI is InChI=1S/C27H26N4O4/c1-34-23-15-20(17-29-26(23)35-2)27(33)31-14-13-21(30-25(32)19-11-7-4-8-12-19)24(22(31)16-28)18-9-5-3-6-10-18/h3-12,15,17,21-22,24H,13-14H2,1-2H3,(H,30,32)/t21-,22?,24+/m1/s1. The topological polar surface area (TPSA) is 105 Å². The Hall–Kier alpha value is -4.38. The van der Waals surface area contributed by atoms with Crippen LogP contribution in [0.3, 0.4) is 0 Å². The van der Waals surface area contributed by atoms with Crippen molar-refractivity contribution in [3.05, 3.63) is 89.6 Å². The van der Waals surface area contributed by atoms with Gasteiger partial charge in [-0.1, -0.05) is 48.5 Å². The lowest BCUT2D eigenvalue weighted by atomic mass is 9.79. The van der Waals surface area contributed by atoms with Crippen LogP contribution in [-0.4, -0.2) is 54.5 Å². The van der Waals surface area contributed by atoms with Gasteiger partial charge in [0.15, 0.2) is 5.75 Å². The highest BCUT2D eigenvalue weighted by Crippen LogP contribution is 2.35. The summed E-state index contributed by atoms with van der Waals surface area (Å²) in [7, 11) is 2.94. The number of carbonyl (C=O) groups is 2. The minimum Gasteiger partial charge on any atom is -0.491 e. The first-order valence-electron chi connectivity index (χ1n) is 11.3. The molecule has 3 aromatic rings. The molecule has 0 bridgehead atoms. The van der Waals surface area contributed by atoms with Crippen molar-refractivity contribution in [2.75, 3.05) is 20.8 Å². The van der Waals surface area contributed by atoms with Gasteiger partial charge in [0, 0.05) is 36.3 Å². The molecule has 1 N–H and O–H groups in total. The lowest BCUT2D eigenvalue weighted by molar-refractivity contribution is 0.0595. The number of likely N-dealkylation sites (tertiary alicyclic amines) is 1. The summed E-state index contributed by atoms with van der Waals surface area (Å²) in [6, 6.07) is 21.2. The van der Waals surface area contributed by atoms with Crippen molar-refractivity contribution in [2.45, 2.75) is 24.4 Å². The summed E-state index contributed by atoms with van der Waals surface area (Å²) in [5, 5.41) is 13.3. The van der Waals surface area contributed by atoms with E-state index in [1.165, 1.54) is 20.4 Å². The van der Waals surface area contributed by atoms with Crippen LogP contribution in [0.5, 0.6) is 11.6 Å². The first kappa shape index (κ1) is 23.8. The van der Waals surface area contributed by atoms with Gasteiger partial charge in [-0.15, -0.1) is 0 Å². The van der Waals surface area contributed by atoms with Crippen molar-refractivity contribution < 1.29 is 19.1 Å². The number of carbonyl (C=O) groups excluding carboxylic acids is 2. The van der Waals surface area contributed by atoms with E-state index in [1.54, 1.807) is 35.2 Å². The molecule has 35 heavy (non-hydrogen) atoms. The predicted octanol–water partition coefficient (Wildman–Crippen LogP) is 3.42. The predicted molar refractivity (Wildman–Crippen MR) is 129 cm³/mol. The van der Waals surface area contributed by atoms with E-state index in [4.69, 9.17) is 9.47 Å². The molecule has 3 atom stereocenters. The molecule has 2 aromatic carbocycles. The molecule has 1 unspecified atom stereocenters. The van der Waals surface area contributed by atoms with E-state index in [0.29, 0.717) is 29.8 Å². The maximum Gasteiger partial charge on any atom is 0.256 e. The summed E-state index contributed by atoms with van der Waals surface area (Å²) >= 11 is 0. The fourth-order valence-corrected chi connectivity index (χ4v) is 4.50. The van der Waals surface area contributed by atoms with Crippen molar-refractivity contribution in [3.63, 3.8) is 0 Å². The SMILES string of the molecule is COc1cc(C(=O)N2CC[C@@H](NC(=O)c3ccccc3)[C@H](c3ccccc3)C2C#N)cnc1OC. The third-order valence-electron chi connectivity index (χ3n) is 6.20. The highest BCUT2D eigenvalue weighted by atomic mass is 16.5. The molecule has 0 aliphatic carbocycles. The number of nitrogens with zero attached hydrogens (tertiary/aromatic N) is 3. The molecule has 0 saturated carbocycles. The number of rotatable bonds is 6. The van der Waals surface area contributed by atoms with E-state index in [-0.39, 0.29) is 23.7 Å². The quantitative estimate of drug-likeness (QED) is 0.592. The number of ether oxygens (including phenoxy) is 2. The molecule has 1 aliphatic heterocycles. The number of amides is 2. The van der Waals surface area contributed by atoms with E-state index < -0.39 is 12.0 Å². The van der Waals surface area contributed by atoms with Gasteiger partial charge in [-0.05, 0) is 24.1 Å². The largest absolute Gasteiger partial charge is 0.491 e. The molecule has 2 heterocycles. The smallest absolute Gasteiger partial charge is 0.256 e. The highest BCUT2D eigenvalue weighted by Gasteiger charge is 2.42.